The highest BCUT2D eigenvalue weighted by molar-refractivity contribution is 7.07. The smallest absolute Gasteiger partial charge is 0.152 e. The lowest BCUT2D eigenvalue weighted by atomic mass is 10.1. The van der Waals surface area contributed by atoms with E-state index >= 15 is 0 Å². The molecule has 0 unspecified atom stereocenters. The van der Waals surface area contributed by atoms with Crippen molar-refractivity contribution in [3.63, 3.8) is 0 Å². The second kappa shape index (κ2) is 5.65. The summed E-state index contributed by atoms with van der Waals surface area (Å²) in [6, 6.07) is 8.18. The van der Waals surface area contributed by atoms with Gasteiger partial charge in [-0.3, -0.25) is 0 Å². The zero-order valence-electron chi connectivity index (χ0n) is 10.5. The van der Waals surface area contributed by atoms with E-state index in [-0.39, 0.29) is 0 Å². The van der Waals surface area contributed by atoms with Crippen molar-refractivity contribution in [2.45, 2.75) is 13.8 Å². The zero-order valence-corrected chi connectivity index (χ0v) is 11.3. The summed E-state index contributed by atoms with van der Waals surface area (Å²) in [5.41, 5.74) is 6.36. The van der Waals surface area contributed by atoms with Crippen LogP contribution in [0.4, 0.5) is 5.69 Å². The highest BCUT2D eigenvalue weighted by Crippen LogP contribution is 2.26. The van der Waals surface area contributed by atoms with Crippen molar-refractivity contribution in [1.82, 2.24) is 4.98 Å². The molecule has 3 nitrogen and oxygen atoms in total. The van der Waals surface area contributed by atoms with Gasteiger partial charge in [-0.15, -0.1) is 11.3 Å². The lowest BCUT2D eigenvalue weighted by Gasteiger charge is -2.22. The Labute approximate surface area is 111 Å². The van der Waals surface area contributed by atoms with Gasteiger partial charge < -0.3 is 4.90 Å². The van der Waals surface area contributed by atoms with Crippen molar-refractivity contribution in [2.75, 3.05) is 18.0 Å². The van der Waals surface area contributed by atoms with Gasteiger partial charge in [0, 0.05) is 24.0 Å². The van der Waals surface area contributed by atoms with E-state index in [0.717, 1.165) is 30.0 Å². The normalized spacial score (nSPS) is 10.1. The fourth-order valence-electron chi connectivity index (χ4n) is 1.94. The van der Waals surface area contributed by atoms with Gasteiger partial charge in [0.1, 0.15) is 6.07 Å². The van der Waals surface area contributed by atoms with Crippen LogP contribution in [0.2, 0.25) is 0 Å². The number of benzene rings is 1. The summed E-state index contributed by atoms with van der Waals surface area (Å²) in [6.07, 6.45) is 0. The van der Waals surface area contributed by atoms with Gasteiger partial charge in [0.05, 0.1) is 16.9 Å². The highest BCUT2D eigenvalue weighted by atomic mass is 32.1. The lowest BCUT2D eigenvalue weighted by Crippen LogP contribution is -2.22. The molecule has 1 heterocycles. The van der Waals surface area contributed by atoms with Crippen molar-refractivity contribution >= 4 is 17.0 Å². The number of aromatic nitrogens is 1. The summed E-state index contributed by atoms with van der Waals surface area (Å²) in [7, 11) is 0. The van der Waals surface area contributed by atoms with E-state index < -0.39 is 0 Å². The average Bonchev–Trinajstić information content (AvgIpc) is 2.94. The van der Waals surface area contributed by atoms with Crippen LogP contribution in [-0.4, -0.2) is 18.1 Å². The van der Waals surface area contributed by atoms with E-state index in [1.54, 1.807) is 0 Å². The van der Waals surface area contributed by atoms with E-state index in [0.29, 0.717) is 5.56 Å². The molecule has 2 aromatic rings. The molecule has 0 N–H and O–H groups in total. The van der Waals surface area contributed by atoms with Gasteiger partial charge in [0.15, 0.2) is 5.51 Å². The van der Waals surface area contributed by atoms with Gasteiger partial charge in [-0.1, -0.05) is 6.07 Å². The fourth-order valence-corrected chi connectivity index (χ4v) is 2.45. The van der Waals surface area contributed by atoms with E-state index in [2.05, 4.69) is 35.3 Å². The Morgan fingerprint density at radius 3 is 2.72 bits per heavy atom. The molecule has 0 fully saturated rings. The van der Waals surface area contributed by atoms with Gasteiger partial charge in [-0.05, 0) is 26.0 Å². The molecular weight excluding hydrogens is 242 g/mol. The number of nitriles is 1. The van der Waals surface area contributed by atoms with Crippen molar-refractivity contribution in [1.29, 1.82) is 5.26 Å². The predicted molar refractivity (Wildman–Crippen MR) is 74.7 cm³/mol. The summed E-state index contributed by atoms with van der Waals surface area (Å²) in [4.78, 5) is 6.32. The third-order valence-corrected chi connectivity index (χ3v) is 3.44. The molecule has 1 aromatic heterocycles. The van der Waals surface area contributed by atoms with E-state index in [9.17, 15) is 5.26 Å². The van der Waals surface area contributed by atoms with Gasteiger partial charge in [-0.25, -0.2) is 4.98 Å². The van der Waals surface area contributed by atoms with Crippen molar-refractivity contribution in [3.8, 4) is 17.3 Å². The molecule has 0 amide bonds. The minimum Gasteiger partial charge on any atom is -0.371 e. The number of hydrogen-bond acceptors (Lipinski definition) is 4. The second-order valence-corrected chi connectivity index (χ2v) is 4.49. The Morgan fingerprint density at radius 1 is 1.39 bits per heavy atom. The maximum Gasteiger partial charge on any atom is 0.152 e. The van der Waals surface area contributed by atoms with Crippen LogP contribution in [0, 0.1) is 16.8 Å². The molecule has 0 bridgehead atoms. The SMILES string of the molecule is CCN(CC)c1ccc(-c2cs[c]n2)cc1C#N. The molecule has 0 aliphatic rings. The molecule has 1 radical (unpaired) electrons. The summed E-state index contributed by atoms with van der Waals surface area (Å²) in [5, 5.41) is 11.2. The molecule has 18 heavy (non-hydrogen) atoms. The molecule has 91 valence electrons. The van der Waals surface area contributed by atoms with Crippen molar-refractivity contribution in [2.24, 2.45) is 0 Å². The van der Waals surface area contributed by atoms with E-state index in [4.69, 9.17) is 0 Å². The Kier molecular flexibility index (Phi) is 3.96. The van der Waals surface area contributed by atoms with Crippen LogP contribution in [0.3, 0.4) is 0 Å². The van der Waals surface area contributed by atoms with Crippen LogP contribution < -0.4 is 4.90 Å². The molecule has 2 rings (SSSR count). The fraction of sp³-hybridized carbons (Fsp3) is 0.286. The standard InChI is InChI=1S/C14H14N3S/c1-3-17(4-2)14-6-5-11(7-12(14)8-15)13-9-18-10-16-13/h5-7,9H,3-4H2,1-2H3. The Hall–Kier alpha value is -1.86. The molecule has 0 saturated carbocycles. The average molecular weight is 256 g/mol. The monoisotopic (exact) mass is 256 g/mol. The van der Waals surface area contributed by atoms with Crippen LogP contribution >= 0.6 is 11.3 Å². The maximum atomic E-state index is 9.28. The zero-order chi connectivity index (χ0) is 13.0. The molecule has 1 aromatic carbocycles. The van der Waals surface area contributed by atoms with Crippen LogP contribution in [-0.2, 0) is 0 Å². The van der Waals surface area contributed by atoms with Gasteiger partial charge in [0.25, 0.3) is 0 Å². The molecule has 0 aliphatic heterocycles. The van der Waals surface area contributed by atoms with Crippen LogP contribution in [0.25, 0.3) is 11.3 Å². The molecule has 0 saturated heterocycles. The van der Waals surface area contributed by atoms with E-state index in [1.807, 2.05) is 23.6 Å². The summed E-state index contributed by atoms with van der Waals surface area (Å²) >= 11 is 1.44. The first-order chi connectivity index (χ1) is 8.80. The van der Waals surface area contributed by atoms with Gasteiger partial charge in [0.2, 0.25) is 0 Å². The Morgan fingerprint density at radius 2 is 2.17 bits per heavy atom. The first kappa shape index (κ1) is 12.6. The minimum absolute atomic E-state index is 0.698. The van der Waals surface area contributed by atoms with Gasteiger partial charge in [-0.2, -0.15) is 5.26 Å². The lowest BCUT2D eigenvalue weighted by molar-refractivity contribution is 0.864. The second-order valence-electron chi connectivity index (χ2n) is 3.84. The topological polar surface area (TPSA) is 39.9 Å². The number of rotatable bonds is 4. The largest absolute Gasteiger partial charge is 0.371 e. The van der Waals surface area contributed by atoms with Crippen LogP contribution in [0.1, 0.15) is 19.4 Å². The van der Waals surface area contributed by atoms with Crippen LogP contribution in [0.15, 0.2) is 23.6 Å². The molecule has 4 heteroatoms. The first-order valence-electron chi connectivity index (χ1n) is 5.91. The summed E-state index contributed by atoms with van der Waals surface area (Å²) < 4.78 is 0. The third-order valence-electron chi connectivity index (χ3n) is 2.91. The summed E-state index contributed by atoms with van der Waals surface area (Å²) in [6.45, 7) is 5.98. The predicted octanol–water partition coefficient (Wildman–Crippen LogP) is 3.33. The number of anilines is 1. The quantitative estimate of drug-likeness (QED) is 0.842. The number of hydrogen-bond donors (Lipinski definition) is 0. The minimum atomic E-state index is 0.698. The number of nitrogens with zero attached hydrogens (tertiary/aromatic N) is 3. The summed E-state index contributed by atoms with van der Waals surface area (Å²) in [5.74, 6) is 0. The number of thiazole rings is 1. The molecule has 0 atom stereocenters. The van der Waals surface area contributed by atoms with Crippen molar-refractivity contribution in [3.05, 3.63) is 34.7 Å². The highest BCUT2D eigenvalue weighted by Gasteiger charge is 2.10. The first-order valence-corrected chi connectivity index (χ1v) is 6.79. The third kappa shape index (κ3) is 2.36. The Bertz CT molecular complexity index is 551. The molecular formula is C14H14N3S. The van der Waals surface area contributed by atoms with Gasteiger partial charge >= 0.3 is 0 Å². The molecule has 0 aliphatic carbocycles. The van der Waals surface area contributed by atoms with Crippen molar-refractivity contribution < 1.29 is 0 Å². The van der Waals surface area contributed by atoms with E-state index in [1.165, 1.54) is 11.3 Å². The van der Waals surface area contributed by atoms with Crippen LogP contribution in [0.5, 0.6) is 0 Å². The Balaban J connectivity index is 2.44. The molecule has 0 spiro atoms. The maximum absolute atomic E-state index is 9.28.